The average molecular weight is 735 g/mol. The number of fused-ring (bicyclic) bond motifs is 3. The van der Waals surface area contributed by atoms with Crippen LogP contribution in [0.15, 0.2) is 48.9 Å². The third-order valence-corrected chi connectivity index (χ3v) is 11.8. The van der Waals surface area contributed by atoms with Crippen LogP contribution < -0.4 is 20.1 Å². The van der Waals surface area contributed by atoms with Crippen LogP contribution >= 0.6 is 0 Å². The van der Waals surface area contributed by atoms with Crippen LogP contribution in [-0.4, -0.2) is 92.4 Å². The Hall–Kier alpha value is -5.06. The zero-order valence-corrected chi connectivity index (χ0v) is 29.3. The minimum absolute atomic E-state index is 0.000746. The number of carbonyl (C=O) groups excluding carboxylic acids is 4. The summed E-state index contributed by atoms with van der Waals surface area (Å²) in [7, 11) is -3.91. The molecule has 0 spiro atoms. The highest BCUT2D eigenvalue weighted by Gasteiger charge is 2.62. The first-order chi connectivity index (χ1) is 24.9. The summed E-state index contributed by atoms with van der Waals surface area (Å²) in [6.45, 7) is 1.54. The maximum absolute atomic E-state index is 14.7. The number of para-hydroxylation sites is 1. The molecule has 17 heteroatoms. The van der Waals surface area contributed by atoms with Crippen molar-refractivity contribution >= 4 is 44.7 Å². The molecule has 2 aromatic heterocycles. The third kappa shape index (κ3) is 7.31. The second-order valence-corrected chi connectivity index (χ2v) is 15.8. The van der Waals surface area contributed by atoms with Gasteiger partial charge in [0, 0.05) is 18.5 Å². The smallest absolute Gasteiger partial charge is 0.270 e. The molecule has 0 bridgehead atoms. The minimum Gasteiger partial charge on any atom is -0.471 e. The lowest BCUT2D eigenvalue weighted by Gasteiger charge is -2.29. The van der Waals surface area contributed by atoms with E-state index in [9.17, 15) is 32.0 Å². The number of carbonyl (C=O) groups is 4. The Morgan fingerprint density at radius 1 is 1.10 bits per heavy atom. The fraction of sp³-hybridized carbons (Fsp3) is 0.486. The molecule has 2 aliphatic heterocycles. The largest absolute Gasteiger partial charge is 0.471 e. The van der Waals surface area contributed by atoms with Gasteiger partial charge >= 0.3 is 0 Å². The number of hydrogen-bond donors (Lipinski definition) is 3. The molecule has 274 valence electrons. The van der Waals surface area contributed by atoms with Gasteiger partial charge in [-0.05, 0) is 63.6 Å². The number of rotatable bonds is 7. The van der Waals surface area contributed by atoms with Crippen molar-refractivity contribution in [2.24, 2.45) is 5.92 Å². The van der Waals surface area contributed by atoms with Crippen molar-refractivity contribution in [2.75, 3.05) is 6.54 Å². The summed E-state index contributed by atoms with van der Waals surface area (Å²) in [5, 5.41) is 4.96. The lowest BCUT2D eigenvalue weighted by Crippen LogP contribution is -2.58. The number of aryl methyl sites for hydroxylation is 1. The summed E-state index contributed by atoms with van der Waals surface area (Å²) in [6.07, 6.45) is 9.64. The van der Waals surface area contributed by atoms with Crippen molar-refractivity contribution in [3.63, 3.8) is 0 Å². The number of halogens is 1. The van der Waals surface area contributed by atoms with Crippen molar-refractivity contribution in [1.82, 2.24) is 40.2 Å². The van der Waals surface area contributed by atoms with Gasteiger partial charge in [-0.2, -0.15) is 0 Å². The number of ether oxygens (including phenoxy) is 1. The Kier molecular flexibility index (Phi) is 9.63. The maximum Gasteiger partial charge on any atom is 0.270 e. The molecule has 5 atom stereocenters. The van der Waals surface area contributed by atoms with Crippen LogP contribution in [0.1, 0.15) is 74.0 Å². The highest BCUT2D eigenvalue weighted by atomic mass is 32.2. The van der Waals surface area contributed by atoms with Crippen molar-refractivity contribution in [3.05, 3.63) is 66.1 Å². The molecule has 1 saturated heterocycles. The van der Waals surface area contributed by atoms with E-state index in [4.69, 9.17) is 4.74 Å². The molecule has 7 rings (SSSR count). The Balaban J connectivity index is 1.20. The van der Waals surface area contributed by atoms with Crippen LogP contribution in [0.25, 0.3) is 11.0 Å². The van der Waals surface area contributed by atoms with Gasteiger partial charge in [0.25, 0.3) is 11.8 Å². The van der Waals surface area contributed by atoms with Crippen LogP contribution in [-0.2, 0) is 24.4 Å². The van der Waals surface area contributed by atoms with E-state index in [0.29, 0.717) is 36.9 Å². The number of nitrogens with one attached hydrogen (secondary N) is 3. The summed E-state index contributed by atoms with van der Waals surface area (Å²) in [6, 6.07) is 3.60. The quantitative estimate of drug-likeness (QED) is 0.300. The minimum atomic E-state index is -3.91. The molecule has 2 saturated carbocycles. The molecule has 4 aliphatic rings. The second-order valence-electron chi connectivity index (χ2n) is 13.8. The van der Waals surface area contributed by atoms with Gasteiger partial charge in [-0.15, -0.1) is 0 Å². The monoisotopic (exact) mass is 734 g/mol. The molecule has 1 aromatic carbocycles. The fourth-order valence-electron chi connectivity index (χ4n) is 6.89. The lowest BCUT2D eigenvalue weighted by atomic mass is 10.0. The molecule has 3 aromatic rings. The van der Waals surface area contributed by atoms with Gasteiger partial charge in [0.1, 0.15) is 47.0 Å². The fourth-order valence-corrected chi connectivity index (χ4v) is 8.25. The van der Waals surface area contributed by atoms with Crippen LogP contribution in [0, 0.1) is 18.7 Å². The highest BCUT2D eigenvalue weighted by Crippen LogP contribution is 2.46. The SMILES string of the molecule is Cc1nc2cccc(F)c2nc1O[C@@H]1C[C@H]2C(=O)N[C@]3(C(=O)NS(=O)(=O)C4CC4)C[C@H]3C=CCCCCC[C@H](NC(=O)c3ccncn3)C(=O)N2C1. The number of sulfonamides is 1. The van der Waals surface area contributed by atoms with Crippen molar-refractivity contribution in [3.8, 4) is 5.88 Å². The summed E-state index contributed by atoms with van der Waals surface area (Å²) in [4.78, 5) is 73.5. The molecule has 4 heterocycles. The van der Waals surface area contributed by atoms with E-state index in [0.717, 1.165) is 12.8 Å². The predicted molar refractivity (Wildman–Crippen MR) is 183 cm³/mol. The molecular weight excluding hydrogens is 695 g/mol. The molecule has 52 heavy (non-hydrogen) atoms. The van der Waals surface area contributed by atoms with E-state index < -0.39 is 74.4 Å². The van der Waals surface area contributed by atoms with Gasteiger partial charge in [-0.25, -0.2) is 32.7 Å². The summed E-state index contributed by atoms with van der Waals surface area (Å²) in [5.41, 5.74) is -0.775. The van der Waals surface area contributed by atoms with Crippen LogP contribution in [0.4, 0.5) is 4.39 Å². The molecule has 0 radical (unpaired) electrons. The number of nitrogens with zero attached hydrogens (tertiary/aromatic N) is 5. The van der Waals surface area contributed by atoms with Crippen molar-refractivity contribution < 1.29 is 36.7 Å². The zero-order valence-electron chi connectivity index (χ0n) is 28.5. The number of amides is 4. The predicted octanol–water partition coefficient (Wildman–Crippen LogP) is 2.02. The molecular formula is C35H39FN8O7S. The van der Waals surface area contributed by atoms with E-state index in [1.54, 1.807) is 13.0 Å². The molecule has 3 N–H and O–H groups in total. The Labute approximate surface area is 299 Å². The van der Waals surface area contributed by atoms with Crippen molar-refractivity contribution in [2.45, 2.75) is 93.7 Å². The van der Waals surface area contributed by atoms with Crippen molar-refractivity contribution in [1.29, 1.82) is 0 Å². The first-order valence-electron chi connectivity index (χ1n) is 17.5. The Bertz CT molecular complexity index is 2050. The normalized spacial score (nSPS) is 26.7. The summed E-state index contributed by atoms with van der Waals surface area (Å²) < 4.78 is 48.6. The Morgan fingerprint density at radius 3 is 2.69 bits per heavy atom. The van der Waals surface area contributed by atoms with Crippen LogP contribution in [0.2, 0.25) is 0 Å². The number of benzene rings is 1. The zero-order chi connectivity index (χ0) is 36.6. The van der Waals surface area contributed by atoms with E-state index >= 15 is 0 Å². The van der Waals surface area contributed by atoms with Crippen LogP contribution in [0.3, 0.4) is 0 Å². The average Bonchev–Trinajstić information content (AvgIpc) is 4.05. The second kappa shape index (κ2) is 14.2. The summed E-state index contributed by atoms with van der Waals surface area (Å²) >= 11 is 0. The molecule has 3 fully saturated rings. The van der Waals surface area contributed by atoms with E-state index in [-0.39, 0.29) is 42.9 Å². The molecule has 4 amide bonds. The number of aromatic nitrogens is 4. The third-order valence-electron chi connectivity index (χ3n) is 10.0. The van der Waals surface area contributed by atoms with Gasteiger partial charge < -0.3 is 20.3 Å². The van der Waals surface area contributed by atoms with E-state index in [2.05, 4.69) is 35.3 Å². The molecule has 0 unspecified atom stereocenters. The van der Waals surface area contributed by atoms with E-state index in [1.165, 1.54) is 35.6 Å². The molecule has 15 nitrogen and oxygen atoms in total. The maximum atomic E-state index is 14.7. The van der Waals surface area contributed by atoms with Gasteiger partial charge in [-0.3, -0.25) is 23.9 Å². The first-order valence-corrected chi connectivity index (χ1v) is 19.0. The van der Waals surface area contributed by atoms with Crippen LogP contribution in [0.5, 0.6) is 5.88 Å². The lowest BCUT2D eigenvalue weighted by molar-refractivity contribution is -0.141. The summed E-state index contributed by atoms with van der Waals surface area (Å²) in [5.74, 6) is -3.67. The van der Waals surface area contributed by atoms with Gasteiger partial charge in [0.15, 0.2) is 5.82 Å². The molecule has 2 aliphatic carbocycles. The standard InChI is InChI=1S/C35H39FN8O7S/c1-20-32(41-29-24(36)9-7-11-25(29)39-20)51-22-16-28-31(46)42-35(34(48)43-52(49,50)23-12-13-23)17-21(35)8-5-3-2-4-6-10-27(33(47)44(28)18-22)40-30(45)26-14-15-37-19-38-26/h5,7-9,11,14-15,19,21-23,27-28H,2-4,6,10,12-13,16-18H2,1H3,(H,40,45)(H,42,46)(H,43,48)/t21-,22-,27+,28+,35-/m1/s1. The van der Waals surface area contributed by atoms with E-state index in [1.807, 2.05) is 12.2 Å². The first kappa shape index (κ1) is 35.3. The van der Waals surface area contributed by atoms with Gasteiger partial charge in [-0.1, -0.05) is 31.1 Å². The Morgan fingerprint density at radius 2 is 1.92 bits per heavy atom. The van der Waals surface area contributed by atoms with Gasteiger partial charge in [0.2, 0.25) is 27.7 Å². The number of allylic oxidation sites excluding steroid dienone is 1. The topological polar surface area (TPSA) is 203 Å². The number of hydrogen-bond acceptors (Lipinski definition) is 11. The van der Waals surface area contributed by atoms with Gasteiger partial charge in [0.05, 0.1) is 17.3 Å². The highest BCUT2D eigenvalue weighted by molar-refractivity contribution is 7.91.